The SMILES string of the molecule is CCCOc1ccc(C2=C(c3ccnnc3)C(CC(=O)O)(c3ccnnc3)ON2)c(C(F)(F)F)c1. The van der Waals surface area contributed by atoms with Crippen molar-refractivity contribution in [3.8, 4) is 5.75 Å². The third kappa shape index (κ3) is 4.78. The lowest BCUT2D eigenvalue weighted by Crippen LogP contribution is -2.33. The van der Waals surface area contributed by atoms with Gasteiger partial charge in [-0.15, -0.1) is 0 Å². The highest BCUT2D eigenvalue weighted by atomic mass is 19.4. The van der Waals surface area contributed by atoms with Crippen LogP contribution in [-0.4, -0.2) is 38.1 Å². The third-order valence-electron chi connectivity index (χ3n) is 5.34. The topological polar surface area (TPSA) is 119 Å². The second-order valence-electron chi connectivity index (χ2n) is 7.67. The maximum Gasteiger partial charge on any atom is 0.417 e. The van der Waals surface area contributed by atoms with Crippen LogP contribution in [0.3, 0.4) is 0 Å². The molecule has 3 aromatic rings. The zero-order valence-electron chi connectivity index (χ0n) is 18.4. The Labute approximate surface area is 197 Å². The van der Waals surface area contributed by atoms with Gasteiger partial charge in [-0.05, 0) is 36.8 Å². The second-order valence-corrected chi connectivity index (χ2v) is 7.67. The molecule has 0 fully saturated rings. The predicted octanol–water partition coefficient (Wildman–Crippen LogP) is 3.85. The van der Waals surface area contributed by atoms with Gasteiger partial charge in [-0.25, -0.2) is 0 Å². The molecule has 1 atom stereocenters. The van der Waals surface area contributed by atoms with Crippen LogP contribution in [0, 0.1) is 0 Å². The smallest absolute Gasteiger partial charge is 0.417 e. The van der Waals surface area contributed by atoms with Gasteiger partial charge in [0.25, 0.3) is 0 Å². The van der Waals surface area contributed by atoms with Crippen molar-refractivity contribution in [1.82, 2.24) is 25.9 Å². The van der Waals surface area contributed by atoms with Gasteiger partial charge in [-0.3, -0.25) is 15.1 Å². The van der Waals surface area contributed by atoms with Crippen molar-refractivity contribution >= 4 is 17.2 Å². The van der Waals surface area contributed by atoms with E-state index >= 15 is 0 Å². The van der Waals surface area contributed by atoms with Crippen molar-refractivity contribution in [3.63, 3.8) is 0 Å². The summed E-state index contributed by atoms with van der Waals surface area (Å²) in [7, 11) is 0. The standard InChI is InChI=1S/C23H20F3N5O4/c1-2-9-34-16-3-4-17(18(10-16)23(24,25)26)21-20(14-5-7-27-29-12-14)22(35-31-21,11-19(32)33)15-6-8-28-30-13-15/h3-8,10,12-13,31H,2,9,11H2,1H3,(H,32,33). The maximum atomic E-state index is 14.2. The van der Waals surface area contributed by atoms with Crippen LogP contribution < -0.4 is 10.2 Å². The zero-order chi connectivity index (χ0) is 25.1. The van der Waals surface area contributed by atoms with Gasteiger partial charge >= 0.3 is 12.1 Å². The number of rotatable bonds is 8. The molecule has 35 heavy (non-hydrogen) atoms. The molecule has 1 aromatic carbocycles. The van der Waals surface area contributed by atoms with Crippen molar-refractivity contribution in [2.75, 3.05) is 6.61 Å². The van der Waals surface area contributed by atoms with Gasteiger partial charge in [0, 0.05) is 28.5 Å². The highest BCUT2D eigenvalue weighted by Gasteiger charge is 2.49. The summed E-state index contributed by atoms with van der Waals surface area (Å²) in [6.45, 7) is 2.10. The number of ether oxygens (including phenoxy) is 1. The predicted molar refractivity (Wildman–Crippen MR) is 116 cm³/mol. The number of carboxylic acids is 1. The van der Waals surface area contributed by atoms with Gasteiger partial charge in [-0.1, -0.05) is 6.92 Å². The van der Waals surface area contributed by atoms with Crippen molar-refractivity contribution in [1.29, 1.82) is 0 Å². The highest BCUT2D eigenvalue weighted by molar-refractivity contribution is 5.97. The molecule has 0 saturated heterocycles. The Balaban J connectivity index is 2.01. The number of carboxylic acid groups (broad SMARTS) is 1. The van der Waals surface area contributed by atoms with E-state index in [4.69, 9.17) is 9.57 Å². The molecule has 12 heteroatoms. The quantitative estimate of drug-likeness (QED) is 0.488. The Hall–Kier alpha value is -4.06. The number of benzene rings is 1. The maximum absolute atomic E-state index is 14.2. The molecular formula is C23H20F3N5O4. The molecule has 0 amide bonds. The molecule has 0 saturated carbocycles. The average molecular weight is 487 g/mol. The van der Waals surface area contributed by atoms with Crippen molar-refractivity contribution in [2.24, 2.45) is 0 Å². The fourth-order valence-corrected chi connectivity index (χ4v) is 3.91. The molecule has 0 spiro atoms. The molecule has 9 nitrogen and oxygen atoms in total. The van der Waals surface area contributed by atoms with Crippen LogP contribution in [0.15, 0.2) is 55.1 Å². The van der Waals surface area contributed by atoms with Gasteiger partial charge in [0.1, 0.15) is 5.75 Å². The van der Waals surface area contributed by atoms with Gasteiger partial charge in [0.15, 0.2) is 5.60 Å². The van der Waals surface area contributed by atoms with Crippen molar-refractivity contribution < 1.29 is 32.6 Å². The number of hydroxylamine groups is 1. The van der Waals surface area contributed by atoms with Gasteiger partial charge < -0.3 is 9.84 Å². The number of halogens is 3. The van der Waals surface area contributed by atoms with E-state index in [9.17, 15) is 23.1 Å². The molecule has 4 rings (SSSR count). The van der Waals surface area contributed by atoms with Crippen molar-refractivity contribution in [3.05, 3.63) is 77.4 Å². The number of aromatic nitrogens is 4. The number of nitrogens with zero attached hydrogens (tertiary/aromatic N) is 4. The number of aliphatic carboxylic acids is 1. The Morgan fingerprint density at radius 3 is 2.46 bits per heavy atom. The summed E-state index contributed by atoms with van der Waals surface area (Å²) in [4.78, 5) is 17.7. The van der Waals surface area contributed by atoms with Gasteiger partial charge in [-0.2, -0.15) is 33.6 Å². The largest absolute Gasteiger partial charge is 0.494 e. The molecular weight excluding hydrogens is 467 g/mol. The van der Waals surface area contributed by atoms with E-state index in [0.29, 0.717) is 12.0 Å². The minimum atomic E-state index is -4.74. The van der Waals surface area contributed by atoms with Gasteiger partial charge in [0.2, 0.25) is 0 Å². The van der Waals surface area contributed by atoms with Gasteiger partial charge in [0.05, 0.1) is 42.9 Å². The van der Waals surface area contributed by atoms with E-state index in [1.165, 1.54) is 49.1 Å². The Morgan fingerprint density at radius 1 is 1.11 bits per heavy atom. The van der Waals surface area contributed by atoms with E-state index in [1.54, 1.807) is 0 Å². The van der Waals surface area contributed by atoms with Crippen LogP contribution in [0.5, 0.6) is 5.75 Å². The minimum absolute atomic E-state index is 0.0599. The molecule has 3 heterocycles. The first-order valence-electron chi connectivity index (χ1n) is 10.6. The minimum Gasteiger partial charge on any atom is -0.494 e. The van der Waals surface area contributed by atoms with Crippen LogP contribution >= 0.6 is 0 Å². The summed E-state index contributed by atoms with van der Waals surface area (Å²) in [6.07, 6.45) is 0.571. The molecule has 0 aliphatic carbocycles. The first-order chi connectivity index (χ1) is 16.8. The summed E-state index contributed by atoms with van der Waals surface area (Å²) in [6, 6.07) is 6.59. The van der Waals surface area contributed by atoms with E-state index in [-0.39, 0.29) is 34.8 Å². The van der Waals surface area contributed by atoms with Crippen LogP contribution in [-0.2, 0) is 21.4 Å². The Kier molecular flexibility index (Phi) is 6.65. The van der Waals surface area contributed by atoms with E-state index in [0.717, 1.165) is 6.07 Å². The van der Waals surface area contributed by atoms with Crippen LogP contribution in [0.4, 0.5) is 13.2 Å². The highest BCUT2D eigenvalue weighted by Crippen LogP contribution is 2.50. The molecule has 0 radical (unpaired) electrons. The summed E-state index contributed by atoms with van der Waals surface area (Å²) in [5.74, 6) is -1.19. The summed E-state index contributed by atoms with van der Waals surface area (Å²) in [5.41, 5.74) is 0.277. The molecule has 1 unspecified atom stereocenters. The van der Waals surface area contributed by atoms with E-state index in [1.807, 2.05) is 6.92 Å². The van der Waals surface area contributed by atoms with Crippen LogP contribution in [0.25, 0.3) is 11.3 Å². The third-order valence-corrected chi connectivity index (χ3v) is 5.34. The number of nitrogens with one attached hydrogen (secondary N) is 1. The summed E-state index contributed by atoms with van der Waals surface area (Å²) >= 11 is 0. The lowest BCUT2D eigenvalue weighted by Gasteiger charge is -2.28. The first-order valence-corrected chi connectivity index (χ1v) is 10.6. The number of hydrogen-bond acceptors (Lipinski definition) is 8. The molecule has 2 aromatic heterocycles. The molecule has 182 valence electrons. The number of hydrogen-bond donors (Lipinski definition) is 2. The van der Waals surface area contributed by atoms with E-state index in [2.05, 4.69) is 25.9 Å². The van der Waals surface area contributed by atoms with Crippen LogP contribution in [0.2, 0.25) is 0 Å². The normalized spacial score (nSPS) is 17.8. The molecule has 1 aliphatic heterocycles. The molecule has 0 bridgehead atoms. The second kappa shape index (κ2) is 9.66. The van der Waals surface area contributed by atoms with Crippen molar-refractivity contribution in [2.45, 2.75) is 31.5 Å². The molecule has 2 N–H and O–H groups in total. The number of carbonyl (C=O) groups is 1. The monoisotopic (exact) mass is 487 g/mol. The Morgan fingerprint density at radius 2 is 1.86 bits per heavy atom. The average Bonchev–Trinajstić information content (AvgIpc) is 3.22. The zero-order valence-corrected chi connectivity index (χ0v) is 18.4. The summed E-state index contributed by atoms with van der Waals surface area (Å²) < 4.78 is 47.9. The first kappa shape index (κ1) is 24.1. The number of alkyl halides is 3. The van der Waals surface area contributed by atoms with E-state index < -0.39 is 29.7 Å². The lowest BCUT2D eigenvalue weighted by molar-refractivity contribution is -0.144. The fourth-order valence-electron chi connectivity index (χ4n) is 3.91. The Bertz CT molecular complexity index is 1240. The van der Waals surface area contributed by atoms with Crippen LogP contribution in [0.1, 0.15) is 42.0 Å². The lowest BCUT2D eigenvalue weighted by atomic mass is 9.79. The fraction of sp³-hybridized carbons (Fsp3) is 0.261. The molecule has 1 aliphatic rings. The summed E-state index contributed by atoms with van der Waals surface area (Å²) in [5, 5.41) is 24.8.